The van der Waals surface area contributed by atoms with E-state index in [9.17, 15) is 0 Å². The van der Waals surface area contributed by atoms with Gasteiger partial charge < -0.3 is 9.64 Å². The number of ether oxygens (including phenoxy) is 1. The molecule has 2 unspecified atom stereocenters. The molecule has 4 heteroatoms. The summed E-state index contributed by atoms with van der Waals surface area (Å²) in [7, 11) is 2.27. The topological polar surface area (TPSA) is 12.5 Å². The molecule has 2 aliphatic rings. The first-order valence-corrected chi connectivity index (χ1v) is 8.62. The van der Waals surface area contributed by atoms with Crippen LogP contribution in [0.25, 0.3) is 0 Å². The predicted octanol–water partition coefficient (Wildman–Crippen LogP) is 4.60. The van der Waals surface area contributed by atoms with E-state index < -0.39 is 0 Å². The van der Waals surface area contributed by atoms with Crippen molar-refractivity contribution in [2.75, 3.05) is 20.3 Å². The second-order valence-electron chi connectivity index (χ2n) is 6.30. The minimum atomic E-state index is 0.528. The number of rotatable bonds is 4. The third kappa shape index (κ3) is 2.96. The molecule has 2 heterocycles. The zero-order valence-electron chi connectivity index (χ0n) is 12.7. The summed E-state index contributed by atoms with van der Waals surface area (Å²) in [5.41, 5.74) is 1.32. The van der Waals surface area contributed by atoms with Crippen LogP contribution in [-0.2, 0) is 4.74 Å². The van der Waals surface area contributed by atoms with Gasteiger partial charge in [-0.05, 0) is 56.8 Å². The zero-order chi connectivity index (χ0) is 15.0. The van der Waals surface area contributed by atoms with Crippen LogP contribution in [0.4, 0.5) is 0 Å². The van der Waals surface area contributed by atoms with Crippen molar-refractivity contribution >= 4 is 23.2 Å². The maximum Gasteiger partial charge on any atom is 0.0595 e. The van der Waals surface area contributed by atoms with E-state index in [-0.39, 0.29) is 0 Å². The third-order valence-electron chi connectivity index (χ3n) is 5.32. The number of hydrogen-bond acceptors (Lipinski definition) is 2. The molecule has 2 nitrogen and oxygen atoms in total. The molecule has 0 amide bonds. The molecule has 2 saturated heterocycles. The molecular formula is C17H23Cl2NO. The number of piperidine rings is 1. The Morgan fingerprint density at radius 3 is 2.76 bits per heavy atom. The number of nitrogens with zero attached hydrogens (tertiary/aromatic N) is 1. The van der Waals surface area contributed by atoms with Gasteiger partial charge in [0, 0.05) is 24.6 Å². The van der Waals surface area contributed by atoms with Crippen molar-refractivity contribution in [3.05, 3.63) is 33.8 Å². The van der Waals surface area contributed by atoms with Crippen LogP contribution in [0.2, 0.25) is 10.0 Å². The summed E-state index contributed by atoms with van der Waals surface area (Å²) in [6.45, 7) is 3.69. The van der Waals surface area contributed by atoms with Crippen LogP contribution in [0.3, 0.4) is 0 Å². The van der Waals surface area contributed by atoms with E-state index in [1.165, 1.54) is 24.8 Å². The Balaban J connectivity index is 1.88. The number of fused-ring (bicyclic) bond motifs is 2. The summed E-state index contributed by atoms with van der Waals surface area (Å²) in [4.78, 5) is 2.57. The number of benzene rings is 1. The Hall–Kier alpha value is -0.280. The molecule has 116 valence electrons. The third-order valence-corrected chi connectivity index (χ3v) is 6.06. The Kier molecular flexibility index (Phi) is 4.80. The van der Waals surface area contributed by atoms with Crippen molar-refractivity contribution < 1.29 is 4.74 Å². The standard InChI is InChI=1S/C17H23Cl2NO/c1-3-21-10-14-13(9-12-5-7-17(14)20(12)2)11-4-6-15(18)16(19)8-11/h4,6,8,12-14,17H,3,5,7,9-10H2,1-2H3/t12?,13-,14-,17?/m1/s1. The van der Waals surface area contributed by atoms with E-state index in [1.807, 2.05) is 6.07 Å². The highest BCUT2D eigenvalue weighted by Crippen LogP contribution is 2.46. The van der Waals surface area contributed by atoms with Crippen LogP contribution in [0.15, 0.2) is 18.2 Å². The monoisotopic (exact) mass is 327 g/mol. The van der Waals surface area contributed by atoms with Gasteiger partial charge in [0.15, 0.2) is 0 Å². The quantitative estimate of drug-likeness (QED) is 0.801. The first-order chi connectivity index (χ1) is 10.1. The fourth-order valence-corrected chi connectivity index (χ4v) is 4.49. The Morgan fingerprint density at radius 1 is 1.24 bits per heavy atom. The molecule has 3 rings (SSSR count). The van der Waals surface area contributed by atoms with Gasteiger partial charge in [0.2, 0.25) is 0 Å². The summed E-state index contributed by atoms with van der Waals surface area (Å²) in [5, 5.41) is 1.30. The van der Waals surface area contributed by atoms with Crippen LogP contribution in [0.1, 0.15) is 37.7 Å². The average Bonchev–Trinajstić information content (AvgIpc) is 2.72. The van der Waals surface area contributed by atoms with Crippen molar-refractivity contribution in [2.24, 2.45) is 5.92 Å². The Labute approximate surface area is 137 Å². The fourth-order valence-electron chi connectivity index (χ4n) is 4.18. The van der Waals surface area contributed by atoms with Gasteiger partial charge in [0.25, 0.3) is 0 Å². The van der Waals surface area contributed by atoms with Gasteiger partial charge in [-0.3, -0.25) is 0 Å². The highest BCUT2D eigenvalue weighted by Gasteiger charge is 2.45. The second-order valence-corrected chi connectivity index (χ2v) is 7.12. The van der Waals surface area contributed by atoms with Crippen molar-refractivity contribution in [2.45, 2.75) is 44.2 Å². The lowest BCUT2D eigenvalue weighted by Gasteiger charge is -2.43. The fraction of sp³-hybridized carbons (Fsp3) is 0.647. The van der Waals surface area contributed by atoms with E-state index in [4.69, 9.17) is 27.9 Å². The molecule has 0 aromatic heterocycles. The van der Waals surface area contributed by atoms with Gasteiger partial charge in [-0.2, -0.15) is 0 Å². The SMILES string of the molecule is CCOC[C@H]1C2CCC(C[C@@H]1c1ccc(Cl)c(Cl)c1)N2C. The van der Waals surface area contributed by atoms with Crippen LogP contribution in [0, 0.1) is 5.92 Å². The summed E-state index contributed by atoms with van der Waals surface area (Å²) >= 11 is 12.3. The van der Waals surface area contributed by atoms with Crippen LogP contribution in [-0.4, -0.2) is 37.2 Å². The molecule has 0 spiro atoms. The van der Waals surface area contributed by atoms with Crippen molar-refractivity contribution in [3.63, 3.8) is 0 Å². The van der Waals surface area contributed by atoms with Crippen molar-refractivity contribution in [1.82, 2.24) is 4.90 Å². The van der Waals surface area contributed by atoms with E-state index in [0.717, 1.165) is 13.2 Å². The lowest BCUT2D eigenvalue weighted by atomic mass is 9.76. The smallest absolute Gasteiger partial charge is 0.0595 e. The van der Waals surface area contributed by atoms with Crippen molar-refractivity contribution in [3.8, 4) is 0 Å². The average molecular weight is 328 g/mol. The van der Waals surface area contributed by atoms with Crippen molar-refractivity contribution in [1.29, 1.82) is 0 Å². The summed E-state index contributed by atoms with van der Waals surface area (Å²) in [6, 6.07) is 7.46. The molecule has 2 fully saturated rings. The molecule has 0 saturated carbocycles. The van der Waals surface area contributed by atoms with Gasteiger partial charge >= 0.3 is 0 Å². The molecule has 0 radical (unpaired) electrons. The molecule has 21 heavy (non-hydrogen) atoms. The molecule has 0 aliphatic carbocycles. The lowest BCUT2D eigenvalue weighted by Crippen LogP contribution is -2.47. The summed E-state index contributed by atoms with van der Waals surface area (Å²) < 4.78 is 5.79. The van der Waals surface area contributed by atoms with Gasteiger partial charge in [0.05, 0.1) is 16.7 Å². The molecule has 2 bridgehead atoms. The van der Waals surface area contributed by atoms with Gasteiger partial charge in [-0.1, -0.05) is 29.3 Å². The summed E-state index contributed by atoms with van der Waals surface area (Å²) in [6.07, 6.45) is 3.79. The van der Waals surface area contributed by atoms with E-state index in [1.54, 1.807) is 0 Å². The van der Waals surface area contributed by atoms with E-state index in [0.29, 0.717) is 34.0 Å². The molecule has 2 aliphatic heterocycles. The highest BCUT2D eigenvalue weighted by atomic mass is 35.5. The molecular weight excluding hydrogens is 305 g/mol. The molecule has 4 atom stereocenters. The molecule has 0 N–H and O–H groups in total. The number of hydrogen-bond donors (Lipinski definition) is 0. The van der Waals surface area contributed by atoms with Gasteiger partial charge in [0.1, 0.15) is 0 Å². The Morgan fingerprint density at radius 2 is 2.05 bits per heavy atom. The largest absolute Gasteiger partial charge is 0.381 e. The van der Waals surface area contributed by atoms with Crippen LogP contribution in [0.5, 0.6) is 0 Å². The first-order valence-electron chi connectivity index (χ1n) is 7.86. The van der Waals surface area contributed by atoms with Crippen LogP contribution < -0.4 is 0 Å². The van der Waals surface area contributed by atoms with E-state index >= 15 is 0 Å². The summed E-state index contributed by atoms with van der Waals surface area (Å²) in [5.74, 6) is 1.07. The Bertz CT molecular complexity index is 508. The minimum Gasteiger partial charge on any atom is -0.381 e. The normalized spacial score (nSPS) is 32.6. The molecule has 1 aromatic carbocycles. The highest BCUT2D eigenvalue weighted by molar-refractivity contribution is 6.42. The lowest BCUT2D eigenvalue weighted by molar-refractivity contribution is 0.0253. The van der Waals surface area contributed by atoms with Gasteiger partial charge in [-0.25, -0.2) is 0 Å². The first kappa shape index (κ1) is 15.6. The predicted molar refractivity (Wildman–Crippen MR) is 88.4 cm³/mol. The van der Waals surface area contributed by atoms with E-state index in [2.05, 4.69) is 31.0 Å². The second kappa shape index (κ2) is 6.45. The van der Waals surface area contributed by atoms with Gasteiger partial charge in [-0.15, -0.1) is 0 Å². The molecule has 1 aromatic rings. The number of halogens is 2. The zero-order valence-corrected chi connectivity index (χ0v) is 14.2. The maximum atomic E-state index is 6.23. The minimum absolute atomic E-state index is 0.528. The maximum absolute atomic E-state index is 6.23. The van der Waals surface area contributed by atoms with Crippen LogP contribution >= 0.6 is 23.2 Å².